The van der Waals surface area contributed by atoms with Crippen LogP contribution < -0.4 is 4.74 Å². The highest BCUT2D eigenvalue weighted by Gasteiger charge is 2.14. The van der Waals surface area contributed by atoms with Crippen molar-refractivity contribution in [3.8, 4) is 17.2 Å². The highest BCUT2D eigenvalue weighted by atomic mass is 32.1. The molecule has 0 aliphatic heterocycles. The summed E-state index contributed by atoms with van der Waals surface area (Å²) in [4.78, 5) is 8.85. The topological polar surface area (TPSA) is 72.0 Å². The summed E-state index contributed by atoms with van der Waals surface area (Å²) in [6, 6.07) is 7.73. The summed E-state index contributed by atoms with van der Waals surface area (Å²) in [5, 5.41) is 10.1. The summed E-state index contributed by atoms with van der Waals surface area (Å²) in [7, 11) is 0. The molecule has 0 spiro atoms. The molecule has 0 saturated heterocycles. The van der Waals surface area contributed by atoms with E-state index in [-0.39, 0.29) is 0 Å². The van der Waals surface area contributed by atoms with Gasteiger partial charge in [-0.25, -0.2) is 9.97 Å². The second kappa shape index (κ2) is 8.95. The van der Waals surface area contributed by atoms with Crippen molar-refractivity contribution in [2.75, 3.05) is 0 Å². The van der Waals surface area contributed by atoms with Crippen molar-refractivity contribution in [1.82, 2.24) is 9.97 Å². The van der Waals surface area contributed by atoms with Gasteiger partial charge in [0.2, 0.25) is 5.89 Å². The molecular formula is C21H25N3O2S. The van der Waals surface area contributed by atoms with Gasteiger partial charge < -0.3 is 14.6 Å². The average Bonchev–Trinajstić information content (AvgIpc) is 3.34. The molecule has 0 amide bonds. The van der Waals surface area contributed by atoms with Crippen molar-refractivity contribution in [3.63, 3.8) is 0 Å². The summed E-state index contributed by atoms with van der Waals surface area (Å²) in [5.41, 5.74) is 5.36. The molecule has 1 atom stereocenters. The number of ether oxygens (including phenoxy) is 1. The third kappa shape index (κ3) is 5.04. The Bertz CT molecular complexity index is 869. The van der Waals surface area contributed by atoms with Crippen molar-refractivity contribution in [3.05, 3.63) is 52.3 Å². The van der Waals surface area contributed by atoms with Crippen LogP contribution in [-0.2, 0) is 13.0 Å². The van der Waals surface area contributed by atoms with Crippen molar-refractivity contribution in [2.24, 2.45) is 5.92 Å². The first-order valence-electron chi connectivity index (χ1n) is 9.20. The summed E-state index contributed by atoms with van der Waals surface area (Å²) in [6.07, 6.45) is 2.47. The Hall–Kier alpha value is -2.47. The fourth-order valence-corrected chi connectivity index (χ4v) is 3.23. The van der Waals surface area contributed by atoms with E-state index in [0.29, 0.717) is 18.4 Å². The van der Waals surface area contributed by atoms with Crippen LogP contribution in [-0.4, -0.2) is 15.7 Å². The van der Waals surface area contributed by atoms with Crippen molar-refractivity contribution >= 4 is 17.0 Å². The predicted octanol–water partition coefficient (Wildman–Crippen LogP) is 5.68. The zero-order chi connectivity index (χ0) is 19.2. The van der Waals surface area contributed by atoms with Gasteiger partial charge in [-0.15, -0.1) is 11.3 Å². The standard InChI is InChI=1S/C21H25N3O2S/c1-4-14(2)19(22)9-10-20-15(3)26-21(24-20)16-5-7-18(8-6-16)25-11-17-12-27-13-23-17/h5-8,12-14,22H,4,9-11H2,1-3H3. The lowest BCUT2D eigenvalue weighted by Gasteiger charge is -2.09. The maximum Gasteiger partial charge on any atom is 0.226 e. The van der Waals surface area contributed by atoms with E-state index in [2.05, 4.69) is 23.8 Å². The van der Waals surface area contributed by atoms with Gasteiger partial charge in [0, 0.05) is 16.7 Å². The first-order chi connectivity index (χ1) is 13.1. The van der Waals surface area contributed by atoms with E-state index in [1.807, 2.05) is 36.6 Å². The Morgan fingerprint density at radius 1 is 1.30 bits per heavy atom. The van der Waals surface area contributed by atoms with Crippen molar-refractivity contribution in [1.29, 1.82) is 5.41 Å². The maximum atomic E-state index is 8.12. The molecule has 0 bridgehead atoms. The molecule has 0 aliphatic carbocycles. The maximum absolute atomic E-state index is 8.12. The van der Waals surface area contributed by atoms with Crippen LogP contribution >= 0.6 is 11.3 Å². The molecular weight excluding hydrogens is 358 g/mol. The molecule has 5 nitrogen and oxygen atoms in total. The van der Waals surface area contributed by atoms with Gasteiger partial charge in [-0.1, -0.05) is 13.8 Å². The lowest BCUT2D eigenvalue weighted by molar-refractivity contribution is 0.302. The van der Waals surface area contributed by atoms with Crippen molar-refractivity contribution in [2.45, 2.75) is 46.6 Å². The number of nitrogens with one attached hydrogen (secondary N) is 1. The minimum absolute atomic E-state index is 0.327. The Balaban J connectivity index is 1.62. The Morgan fingerprint density at radius 2 is 2.07 bits per heavy atom. The fraction of sp³-hybridized carbons (Fsp3) is 0.381. The molecule has 142 valence electrons. The monoisotopic (exact) mass is 383 g/mol. The predicted molar refractivity (Wildman–Crippen MR) is 109 cm³/mol. The van der Waals surface area contributed by atoms with Crippen LogP contribution in [0.1, 0.15) is 43.8 Å². The smallest absolute Gasteiger partial charge is 0.226 e. The molecule has 1 unspecified atom stereocenters. The molecule has 0 radical (unpaired) electrons. The number of thiazole rings is 1. The number of aryl methyl sites for hydroxylation is 2. The van der Waals surface area contributed by atoms with E-state index in [1.54, 1.807) is 16.8 Å². The highest BCUT2D eigenvalue weighted by molar-refractivity contribution is 7.07. The Kier molecular flexibility index (Phi) is 6.40. The molecule has 27 heavy (non-hydrogen) atoms. The summed E-state index contributed by atoms with van der Waals surface area (Å²) in [6.45, 7) is 6.61. The molecule has 3 aromatic rings. The molecule has 0 aliphatic rings. The molecule has 2 aromatic heterocycles. The number of aromatic nitrogens is 2. The number of rotatable bonds is 9. The zero-order valence-electron chi connectivity index (χ0n) is 16.0. The molecule has 1 aromatic carbocycles. The quantitative estimate of drug-likeness (QED) is 0.482. The SMILES string of the molecule is CCC(C)C(=N)CCc1nc(-c2ccc(OCc3cscn3)cc2)oc1C. The Labute approximate surface area is 164 Å². The number of nitrogens with zero attached hydrogens (tertiary/aromatic N) is 2. The lowest BCUT2D eigenvalue weighted by Crippen LogP contribution is -2.10. The molecule has 1 N–H and O–H groups in total. The van der Waals surface area contributed by atoms with E-state index in [4.69, 9.17) is 14.6 Å². The van der Waals surface area contributed by atoms with Gasteiger partial charge in [0.25, 0.3) is 0 Å². The van der Waals surface area contributed by atoms with Gasteiger partial charge in [-0.05, 0) is 56.4 Å². The molecule has 0 saturated carbocycles. The van der Waals surface area contributed by atoms with E-state index in [0.717, 1.165) is 53.4 Å². The fourth-order valence-electron chi connectivity index (χ4n) is 2.69. The van der Waals surface area contributed by atoms with E-state index >= 15 is 0 Å². The highest BCUT2D eigenvalue weighted by Crippen LogP contribution is 2.25. The van der Waals surface area contributed by atoms with Gasteiger partial charge >= 0.3 is 0 Å². The number of hydrogen-bond donors (Lipinski definition) is 1. The van der Waals surface area contributed by atoms with Gasteiger partial charge in [0.15, 0.2) is 0 Å². The normalized spacial score (nSPS) is 12.1. The van der Waals surface area contributed by atoms with E-state index in [9.17, 15) is 0 Å². The van der Waals surface area contributed by atoms with Gasteiger partial charge in [0.1, 0.15) is 18.1 Å². The van der Waals surface area contributed by atoms with Crippen LogP contribution in [0.2, 0.25) is 0 Å². The van der Waals surface area contributed by atoms with Gasteiger partial charge in [-0.3, -0.25) is 0 Å². The van der Waals surface area contributed by atoms with Gasteiger partial charge in [0.05, 0.1) is 16.9 Å². The van der Waals surface area contributed by atoms with E-state index < -0.39 is 0 Å². The first kappa shape index (κ1) is 19.3. The largest absolute Gasteiger partial charge is 0.487 e. The zero-order valence-corrected chi connectivity index (χ0v) is 16.8. The first-order valence-corrected chi connectivity index (χ1v) is 10.1. The molecule has 6 heteroatoms. The summed E-state index contributed by atoms with van der Waals surface area (Å²) < 4.78 is 11.6. The van der Waals surface area contributed by atoms with Crippen LogP contribution in [0, 0.1) is 18.3 Å². The van der Waals surface area contributed by atoms with Gasteiger partial charge in [-0.2, -0.15) is 0 Å². The minimum Gasteiger partial charge on any atom is -0.487 e. The second-order valence-corrected chi connectivity index (χ2v) is 7.37. The third-order valence-electron chi connectivity index (χ3n) is 4.70. The van der Waals surface area contributed by atoms with Crippen molar-refractivity contribution < 1.29 is 9.15 Å². The number of benzene rings is 1. The van der Waals surface area contributed by atoms with Crippen LogP contribution in [0.5, 0.6) is 5.75 Å². The third-order valence-corrected chi connectivity index (χ3v) is 5.34. The van der Waals surface area contributed by atoms with Crippen LogP contribution in [0.25, 0.3) is 11.5 Å². The number of oxazole rings is 1. The average molecular weight is 384 g/mol. The molecule has 0 fully saturated rings. The van der Waals surface area contributed by atoms with Crippen LogP contribution in [0.4, 0.5) is 0 Å². The minimum atomic E-state index is 0.327. The number of hydrogen-bond acceptors (Lipinski definition) is 6. The van der Waals surface area contributed by atoms with E-state index in [1.165, 1.54) is 0 Å². The molecule has 3 rings (SSSR count). The Morgan fingerprint density at radius 3 is 2.74 bits per heavy atom. The summed E-state index contributed by atoms with van der Waals surface area (Å²) >= 11 is 1.56. The second-order valence-electron chi connectivity index (χ2n) is 6.65. The lowest BCUT2D eigenvalue weighted by atomic mass is 9.98. The van der Waals surface area contributed by atoms with Crippen LogP contribution in [0.3, 0.4) is 0 Å². The summed E-state index contributed by atoms with van der Waals surface area (Å²) in [5.74, 6) is 2.56. The van der Waals surface area contributed by atoms with Crippen LogP contribution in [0.15, 0.2) is 39.6 Å². The molecule has 2 heterocycles.